The molecule has 140 valence electrons. The van der Waals surface area contributed by atoms with Crippen LogP contribution in [0.4, 0.5) is 5.82 Å². The molecule has 0 spiro atoms. The summed E-state index contributed by atoms with van der Waals surface area (Å²) in [7, 11) is 1.55. The molecule has 0 fully saturated rings. The minimum atomic E-state index is 0.142. The molecule has 0 aliphatic heterocycles. The Bertz CT molecular complexity index is 895. The summed E-state index contributed by atoms with van der Waals surface area (Å²) in [6, 6.07) is 7.39. The highest BCUT2D eigenvalue weighted by Gasteiger charge is 2.15. The van der Waals surface area contributed by atoms with Crippen molar-refractivity contribution in [3.05, 3.63) is 47.5 Å². The fourth-order valence-electron chi connectivity index (χ4n) is 2.03. The van der Waals surface area contributed by atoms with Gasteiger partial charge in [0.05, 0.1) is 11.6 Å². The Morgan fingerprint density at radius 2 is 1.67 bits per heavy atom. The maximum Gasteiger partial charge on any atom is 0.316 e. The molecule has 0 unspecified atom stereocenters. The molecule has 3 rings (SSSR count). The zero-order valence-electron chi connectivity index (χ0n) is 14.3. The summed E-state index contributed by atoms with van der Waals surface area (Å²) in [6.07, 6.45) is 4.47. The third-order valence-corrected chi connectivity index (χ3v) is 3.64. The first-order valence-corrected chi connectivity index (χ1v) is 8.61. The van der Waals surface area contributed by atoms with Crippen LogP contribution >= 0.6 is 15.9 Å². The second-order valence-corrected chi connectivity index (χ2v) is 5.94. The molecular weight excluding hydrogens is 418 g/mol. The summed E-state index contributed by atoms with van der Waals surface area (Å²) in [5.74, 6) is 1.53. The van der Waals surface area contributed by atoms with Gasteiger partial charge >= 0.3 is 6.01 Å². The van der Waals surface area contributed by atoms with Gasteiger partial charge in [-0.1, -0.05) is 12.1 Å². The van der Waals surface area contributed by atoms with Crippen LogP contribution in [-0.2, 0) is 0 Å². The van der Waals surface area contributed by atoms with Gasteiger partial charge in [0.2, 0.25) is 5.75 Å². The smallest absolute Gasteiger partial charge is 0.316 e. The number of rotatable bonds is 8. The van der Waals surface area contributed by atoms with Gasteiger partial charge in [-0.05, 0) is 28.1 Å². The van der Waals surface area contributed by atoms with Gasteiger partial charge in [0, 0.05) is 12.4 Å². The van der Waals surface area contributed by atoms with Crippen LogP contribution in [-0.4, -0.2) is 40.3 Å². The van der Waals surface area contributed by atoms with E-state index in [9.17, 15) is 0 Å². The molecule has 0 bridgehead atoms. The quantitative estimate of drug-likeness (QED) is 0.535. The number of aromatic nitrogens is 4. The van der Waals surface area contributed by atoms with Crippen LogP contribution in [0.25, 0.3) is 0 Å². The lowest BCUT2D eigenvalue weighted by atomic mass is 10.3. The van der Waals surface area contributed by atoms with E-state index >= 15 is 0 Å². The van der Waals surface area contributed by atoms with E-state index in [2.05, 4.69) is 35.9 Å². The van der Waals surface area contributed by atoms with Crippen LogP contribution < -0.4 is 24.7 Å². The van der Waals surface area contributed by atoms with Crippen molar-refractivity contribution in [2.75, 3.05) is 26.1 Å². The van der Waals surface area contributed by atoms with Crippen molar-refractivity contribution in [2.24, 2.45) is 0 Å². The largest absolute Gasteiger partial charge is 0.493 e. The number of para-hydroxylation sites is 2. The van der Waals surface area contributed by atoms with E-state index in [1.165, 1.54) is 6.33 Å². The second kappa shape index (κ2) is 8.99. The predicted molar refractivity (Wildman–Crippen MR) is 100 cm³/mol. The molecule has 2 N–H and O–H groups in total. The van der Waals surface area contributed by atoms with Crippen LogP contribution in [0.2, 0.25) is 0 Å². The molecule has 0 atom stereocenters. The SMILES string of the molecule is COc1ccccc1Oc1c(N)ncnc1OCCOc1ncc(Br)cn1. The van der Waals surface area contributed by atoms with Crippen molar-refractivity contribution in [1.29, 1.82) is 0 Å². The minimum Gasteiger partial charge on any atom is -0.493 e. The molecule has 0 amide bonds. The fourth-order valence-corrected chi connectivity index (χ4v) is 2.23. The Hall–Kier alpha value is -3.14. The molecule has 0 aliphatic carbocycles. The number of nitrogens with zero attached hydrogens (tertiary/aromatic N) is 4. The molecule has 0 saturated heterocycles. The molecular formula is C17H16BrN5O4. The molecule has 0 saturated carbocycles. The standard InChI is InChI=1S/C17H16BrN5O4/c1-24-12-4-2-3-5-13(12)27-14-15(19)22-10-23-16(14)25-6-7-26-17-20-8-11(18)9-21-17/h2-5,8-10H,6-7H2,1H3,(H2,19,22,23). The van der Waals surface area contributed by atoms with Crippen LogP contribution in [0.5, 0.6) is 29.1 Å². The van der Waals surface area contributed by atoms with E-state index in [-0.39, 0.29) is 36.7 Å². The minimum absolute atomic E-state index is 0.142. The lowest BCUT2D eigenvalue weighted by Crippen LogP contribution is -2.12. The van der Waals surface area contributed by atoms with Gasteiger partial charge in [-0.15, -0.1) is 0 Å². The third kappa shape index (κ3) is 4.94. The zero-order valence-corrected chi connectivity index (χ0v) is 15.9. The summed E-state index contributed by atoms with van der Waals surface area (Å²) in [5, 5.41) is 0. The summed E-state index contributed by atoms with van der Waals surface area (Å²) >= 11 is 3.26. The number of ether oxygens (including phenoxy) is 4. The number of anilines is 1. The Balaban J connectivity index is 1.65. The van der Waals surface area contributed by atoms with Crippen molar-refractivity contribution in [2.45, 2.75) is 0 Å². The van der Waals surface area contributed by atoms with Crippen molar-refractivity contribution in [3.8, 4) is 29.1 Å². The normalized spacial score (nSPS) is 10.3. The van der Waals surface area contributed by atoms with Gasteiger partial charge in [0.1, 0.15) is 19.5 Å². The van der Waals surface area contributed by atoms with E-state index in [4.69, 9.17) is 24.7 Å². The molecule has 2 heterocycles. The number of nitrogen functional groups attached to an aromatic ring is 1. The number of nitrogens with two attached hydrogens (primary N) is 1. The lowest BCUT2D eigenvalue weighted by molar-refractivity contribution is 0.197. The summed E-state index contributed by atoms with van der Waals surface area (Å²) in [4.78, 5) is 16.0. The highest BCUT2D eigenvalue weighted by Crippen LogP contribution is 2.37. The molecule has 27 heavy (non-hydrogen) atoms. The third-order valence-electron chi connectivity index (χ3n) is 3.23. The first kappa shape index (κ1) is 18.6. The topological polar surface area (TPSA) is 115 Å². The molecule has 10 heteroatoms. The van der Waals surface area contributed by atoms with Crippen molar-refractivity contribution >= 4 is 21.7 Å². The maximum atomic E-state index is 5.92. The zero-order chi connectivity index (χ0) is 19.1. The Labute approximate surface area is 163 Å². The van der Waals surface area contributed by atoms with Crippen LogP contribution in [0.15, 0.2) is 47.5 Å². The molecule has 9 nitrogen and oxygen atoms in total. The van der Waals surface area contributed by atoms with Crippen LogP contribution in [0, 0.1) is 0 Å². The van der Waals surface area contributed by atoms with Crippen molar-refractivity contribution in [3.63, 3.8) is 0 Å². The first-order valence-electron chi connectivity index (χ1n) is 7.82. The highest BCUT2D eigenvalue weighted by molar-refractivity contribution is 9.10. The summed E-state index contributed by atoms with van der Waals surface area (Å²) < 4.78 is 22.9. The number of halogens is 1. The number of benzene rings is 1. The van der Waals surface area contributed by atoms with E-state index in [0.717, 1.165) is 4.47 Å². The lowest BCUT2D eigenvalue weighted by Gasteiger charge is -2.14. The van der Waals surface area contributed by atoms with Crippen LogP contribution in [0.1, 0.15) is 0 Å². The van der Waals surface area contributed by atoms with Gasteiger partial charge in [-0.2, -0.15) is 4.98 Å². The van der Waals surface area contributed by atoms with Crippen LogP contribution in [0.3, 0.4) is 0 Å². The maximum absolute atomic E-state index is 5.92. The number of hydrogen-bond donors (Lipinski definition) is 1. The predicted octanol–water partition coefficient (Wildman–Crippen LogP) is 2.87. The summed E-state index contributed by atoms with van der Waals surface area (Å²) in [5.41, 5.74) is 5.92. The molecule has 2 aromatic heterocycles. The summed E-state index contributed by atoms with van der Waals surface area (Å²) in [6.45, 7) is 0.387. The first-order chi connectivity index (χ1) is 13.2. The Morgan fingerprint density at radius 1 is 0.963 bits per heavy atom. The van der Waals surface area contributed by atoms with Gasteiger partial charge in [0.25, 0.3) is 5.88 Å². The second-order valence-electron chi connectivity index (χ2n) is 5.03. The van der Waals surface area contributed by atoms with E-state index < -0.39 is 0 Å². The monoisotopic (exact) mass is 433 g/mol. The van der Waals surface area contributed by atoms with E-state index in [1.54, 1.807) is 31.6 Å². The average molecular weight is 434 g/mol. The van der Waals surface area contributed by atoms with Crippen molar-refractivity contribution < 1.29 is 18.9 Å². The molecule has 0 aliphatic rings. The van der Waals surface area contributed by atoms with E-state index in [0.29, 0.717) is 11.5 Å². The van der Waals surface area contributed by atoms with E-state index in [1.807, 2.05) is 12.1 Å². The Kier molecular flexibility index (Phi) is 6.21. The molecule has 1 aromatic carbocycles. The fraction of sp³-hybridized carbons (Fsp3) is 0.176. The molecule has 3 aromatic rings. The molecule has 0 radical (unpaired) electrons. The van der Waals surface area contributed by atoms with Gasteiger partial charge in [0.15, 0.2) is 17.3 Å². The average Bonchev–Trinajstić information content (AvgIpc) is 2.69. The number of hydrogen-bond acceptors (Lipinski definition) is 9. The van der Waals surface area contributed by atoms with Crippen molar-refractivity contribution in [1.82, 2.24) is 19.9 Å². The van der Waals surface area contributed by atoms with Gasteiger partial charge < -0.3 is 24.7 Å². The Morgan fingerprint density at radius 3 is 2.41 bits per heavy atom. The highest BCUT2D eigenvalue weighted by atomic mass is 79.9. The number of methoxy groups -OCH3 is 1. The van der Waals surface area contributed by atoms with Gasteiger partial charge in [-0.3, -0.25) is 0 Å². The van der Waals surface area contributed by atoms with Gasteiger partial charge in [-0.25, -0.2) is 15.0 Å².